The van der Waals surface area contributed by atoms with Crippen molar-refractivity contribution in [3.8, 4) is 5.75 Å². The number of nitrogens with zero attached hydrogens (tertiary/aromatic N) is 1. The second-order valence-corrected chi connectivity index (χ2v) is 8.58. The molecule has 1 amide bonds. The number of ether oxygens (including phenoxy) is 1. The Labute approximate surface area is 175 Å². The highest BCUT2D eigenvalue weighted by atomic mass is 32.2. The van der Waals surface area contributed by atoms with Crippen molar-refractivity contribution >= 4 is 21.6 Å². The van der Waals surface area contributed by atoms with Crippen LogP contribution in [0.25, 0.3) is 0 Å². The lowest BCUT2D eigenvalue weighted by Gasteiger charge is -2.09. The van der Waals surface area contributed by atoms with Crippen LogP contribution >= 0.6 is 0 Å². The van der Waals surface area contributed by atoms with E-state index in [1.165, 1.54) is 19.2 Å². The Balaban J connectivity index is 1.58. The highest BCUT2D eigenvalue weighted by molar-refractivity contribution is 7.89. The van der Waals surface area contributed by atoms with Crippen LogP contribution in [0.2, 0.25) is 0 Å². The van der Waals surface area contributed by atoms with E-state index in [0.717, 1.165) is 22.6 Å². The third-order valence-corrected chi connectivity index (χ3v) is 5.96. The van der Waals surface area contributed by atoms with E-state index in [1.807, 2.05) is 26.0 Å². The number of anilines is 1. The van der Waals surface area contributed by atoms with Crippen LogP contribution in [-0.2, 0) is 27.8 Å². The van der Waals surface area contributed by atoms with Crippen LogP contribution in [0.1, 0.15) is 22.6 Å². The fourth-order valence-electron chi connectivity index (χ4n) is 2.82. The summed E-state index contributed by atoms with van der Waals surface area (Å²) in [6.45, 7) is 4.05. The summed E-state index contributed by atoms with van der Waals surface area (Å²) < 4.78 is 36.9. The van der Waals surface area contributed by atoms with E-state index in [2.05, 4.69) is 15.2 Å². The monoisotopic (exact) mass is 429 g/mol. The average molecular weight is 429 g/mol. The molecule has 1 aromatic heterocycles. The van der Waals surface area contributed by atoms with E-state index in [-0.39, 0.29) is 17.2 Å². The van der Waals surface area contributed by atoms with Crippen molar-refractivity contribution in [1.29, 1.82) is 0 Å². The molecule has 30 heavy (non-hydrogen) atoms. The summed E-state index contributed by atoms with van der Waals surface area (Å²) in [5.41, 5.74) is 2.93. The number of nitrogens with one attached hydrogen (secondary N) is 2. The molecule has 0 spiro atoms. The van der Waals surface area contributed by atoms with Gasteiger partial charge in [0.2, 0.25) is 15.9 Å². The fourth-order valence-corrected chi connectivity index (χ4v) is 3.59. The molecule has 0 radical (unpaired) electrons. The fraction of sp³-hybridized carbons (Fsp3) is 0.238. The van der Waals surface area contributed by atoms with Crippen LogP contribution < -0.4 is 14.8 Å². The van der Waals surface area contributed by atoms with Crippen LogP contribution in [0.15, 0.2) is 57.9 Å². The zero-order chi connectivity index (χ0) is 21.7. The number of hydrogen-bond acceptors (Lipinski definition) is 6. The smallest absolute Gasteiger partial charge is 0.240 e. The van der Waals surface area contributed by atoms with Gasteiger partial charge in [0, 0.05) is 5.69 Å². The van der Waals surface area contributed by atoms with Crippen molar-refractivity contribution in [3.05, 3.63) is 71.1 Å². The first-order chi connectivity index (χ1) is 14.3. The van der Waals surface area contributed by atoms with Crippen molar-refractivity contribution in [1.82, 2.24) is 9.88 Å². The summed E-state index contributed by atoms with van der Waals surface area (Å²) in [6.07, 6.45) is 0.146. The molecule has 0 unspecified atom stereocenters. The van der Waals surface area contributed by atoms with Gasteiger partial charge in [-0.25, -0.2) is 13.1 Å². The highest BCUT2D eigenvalue weighted by Gasteiger charge is 2.13. The van der Waals surface area contributed by atoms with Crippen LogP contribution in [0, 0.1) is 13.8 Å². The second kappa shape index (κ2) is 9.10. The molecule has 0 bridgehead atoms. The lowest BCUT2D eigenvalue weighted by Crippen LogP contribution is -2.19. The maximum absolute atomic E-state index is 12.3. The van der Waals surface area contributed by atoms with Crippen LogP contribution in [0.3, 0.4) is 0 Å². The largest absolute Gasteiger partial charge is 0.489 e. The van der Waals surface area contributed by atoms with E-state index in [4.69, 9.17) is 9.26 Å². The van der Waals surface area contributed by atoms with Gasteiger partial charge in [-0.2, -0.15) is 0 Å². The molecular formula is C21H23N3O5S. The minimum atomic E-state index is -3.57. The van der Waals surface area contributed by atoms with Crippen LogP contribution in [0.4, 0.5) is 5.69 Å². The molecule has 158 valence electrons. The van der Waals surface area contributed by atoms with Crippen LogP contribution in [0.5, 0.6) is 5.75 Å². The first kappa shape index (κ1) is 21.5. The SMILES string of the molecule is CNS(=O)(=O)c1cccc(NC(=O)Cc2ccc(OCc3c(C)noc3C)cc2)c1. The van der Waals surface area contributed by atoms with Gasteiger partial charge in [0.15, 0.2) is 0 Å². The number of aryl methyl sites for hydroxylation is 2. The quantitative estimate of drug-likeness (QED) is 0.570. The molecule has 0 saturated heterocycles. The summed E-state index contributed by atoms with van der Waals surface area (Å²) in [5, 5.41) is 6.61. The van der Waals surface area contributed by atoms with Gasteiger partial charge >= 0.3 is 0 Å². The zero-order valence-corrected chi connectivity index (χ0v) is 17.7. The van der Waals surface area contributed by atoms with Gasteiger partial charge in [-0.3, -0.25) is 4.79 Å². The number of carbonyl (C=O) groups is 1. The van der Waals surface area contributed by atoms with Crippen molar-refractivity contribution in [3.63, 3.8) is 0 Å². The molecule has 0 aliphatic heterocycles. The summed E-state index contributed by atoms with van der Waals surface area (Å²) >= 11 is 0. The van der Waals surface area contributed by atoms with Gasteiger partial charge < -0.3 is 14.6 Å². The normalized spacial score (nSPS) is 11.3. The van der Waals surface area contributed by atoms with E-state index in [9.17, 15) is 13.2 Å². The van der Waals surface area contributed by atoms with Gasteiger partial charge in [-0.15, -0.1) is 0 Å². The molecule has 0 aliphatic rings. The lowest BCUT2D eigenvalue weighted by atomic mass is 10.1. The van der Waals surface area contributed by atoms with E-state index in [1.54, 1.807) is 24.3 Å². The number of rotatable bonds is 8. The minimum absolute atomic E-state index is 0.0857. The number of sulfonamides is 1. The molecule has 9 heteroatoms. The maximum Gasteiger partial charge on any atom is 0.240 e. The number of benzene rings is 2. The second-order valence-electron chi connectivity index (χ2n) is 6.70. The van der Waals surface area contributed by atoms with E-state index < -0.39 is 10.0 Å². The van der Waals surface area contributed by atoms with Gasteiger partial charge in [-0.05, 0) is 56.8 Å². The van der Waals surface area contributed by atoms with E-state index >= 15 is 0 Å². The van der Waals surface area contributed by atoms with Gasteiger partial charge in [-0.1, -0.05) is 23.4 Å². The molecule has 3 rings (SSSR count). The Morgan fingerprint density at radius 3 is 2.50 bits per heavy atom. The predicted molar refractivity (Wildman–Crippen MR) is 112 cm³/mol. The Hall–Kier alpha value is -3.17. The number of amides is 1. The molecule has 2 aromatic carbocycles. The molecular weight excluding hydrogens is 406 g/mol. The Kier molecular flexibility index (Phi) is 6.53. The van der Waals surface area contributed by atoms with E-state index in [0.29, 0.717) is 18.0 Å². The zero-order valence-electron chi connectivity index (χ0n) is 16.9. The number of carbonyl (C=O) groups excluding carboxylic acids is 1. The third-order valence-electron chi connectivity index (χ3n) is 4.55. The topological polar surface area (TPSA) is 111 Å². The molecule has 0 aliphatic carbocycles. The molecule has 8 nitrogen and oxygen atoms in total. The Morgan fingerprint density at radius 2 is 1.87 bits per heavy atom. The predicted octanol–water partition coefficient (Wildman–Crippen LogP) is 2.96. The molecule has 2 N–H and O–H groups in total. The summed E-state index contributed by atoms with van der Waals surface area (Å²) in [7, 11) is -2.24. The first-order valence-electron chi connectivity index (χ1n) is 9.25. The molecule has 0 atom stereocenters. The number of hydrogen-bond donors (Lipinski definition) is 2. The summed E-state index contributed by atoms with van der Waals surface area (Å²) in [6, 6.07) is 13.3. The Morgan fingerprint density at radius 1 is 1.13 bits per heavy atom. The van der Waals surface area contributed by atoms with Crippen molar-refractivity contribution in [2.24, 2.45) is 0 Å². The molecule has 3 aromatic rings. The number of aromatic nitrogens is 1. The van der Waals surface area contributed by atoms with Crippen molar-refractivity contribution < 1.29 is 22.5 Å². The molecule has 0 fully saturated rings. The highest BCUT2D eigenvalue weighted by Crippen LogP contribution is 2.19. The third kappa shape index (κ3) is 5.25. The standard InChI is InChI=1S/C21H23N3O5S/c1-14-20(15(2)29-24-14)13-28-18-9-7-16(8-10-18)11-21(25)23-17-5-4-6-19(12-17)30(26,27)22-3/h4-10,12,22H,11,13H2,1-3H3,(H,23,25). The van der Waals surface area contributed by atoms with Gasteiger partial charge in [0.25, 0.3) is 0 Å². The van der Waals surface area contributed by atoms with Crippen molar-refractivity contribution in [2.45, 2.75) is 31.8 Å². The van der Waals surface area contributed by atoms with Gasteiger partial charge in [0.1, 0.15) is 18.1 Å². The molecule has 1 heterocycles. The average Bonchev–Trinajstić information content (AvgIpc) is 3.05. The molecule has 0 saturated carbocycles. The first-order valence-corrected chi connectivity index (χ1v) is 10.7. The minimum Gasteiger partial charge on any atom is -0.489 e. The summed E-state index contributed by atoms with van der Waals surface area (Å²) in [5.74, 6) is 1.15. The maximum atomic E-state index is 12.3. The van der Waals surface area contributed by atoms with Crippen molar-refractivity contribution in [2.75, 3.05) is 12.4 Å². The van der Waals surface area contributed by atoms with Gasteiger partial charge in [0.05, 0.1) is 22.6 Å². The summed E-state index contributed by atoms with van der Waals surface area (Å²) in [4.78, 5) is 12.4. The lowest BCUT2D eigenvalue weighted by molar-refractivity contribution is -0.115. The Bertz CT molecular complexity index is 1120. The van der Waals surface area contributed by atoms with Crippen LogP contribution in [-0.4, -0.2) is 26.5 Å².